The molecule has 0 bridgehead atoms. The molecule has 4 heteroatoms. The molecule has 272 valence electrons. The highest BCUT2D eigenvalue weighted by Crippen LogP contribution is 2.49. The molecular weight excluding hydrogens is 709 g/mol. The quantitative estimate of drug-likeness (QED) is 0.176. The predicted molar refractivity (Wildman–Crippen MR) is 239 cm³/mol. The van der Waals surface area contributed by atoms with E-state index in [2.05, 4.69) is 191 Å². The Morgan fingerprint density at radius 2 is 0.948 bits per heavy atom. The Hall–Kier alpha value is -7.82. The Bertz CT molecular complexity index is 3380. The Kier molecular flexibility index (Phi) is 7.20. The van der Waals surface area contributed by atoms with Crippen molar-refractivity contribution in [3.63, 3.8) is 0 Å². The van der Waals surface area contributed by atoms with E-state index in [4.69, 9.17) is 9.15 Å². The van der Waals surface area contributed by atoms with E-state index in [9.17, 15) is 0 Å². The van der Waals surface area contributed by atoms with Crippen LogP contribution in [-0.2, 0) is 0 Å². The second-order valence-electron chi connectivity index (χ2n) is 14.9. The number of benzene rings is 9. The van der Waals surface area contributed by atoms with E-state index in [1.54, 1.807) is 0 Å². The monoisotopic (exact) mass is 742 g/mol. The van der Waals surface area contributed by atoms with Gasteiger partial charge in [0.15, 0.2) is 0 Å². The van der Waals surface area contributed by atoms with E-state index >= 15 is 0 Å². The van der Waals surface area contributed by atoms with Gasteiger partial charge >= 0.3 is 0 Å². The van der Waals surface area contributed by atoms with Crippen LogP contribution in [0, 0.1) is 0 Å². The third kappa shape index (κ3) is 5.09. The van der Waals surface area contributed by atoms with Crippen LogP contribution < -0.4 is 9.64 Å². The highest BCUT2D eigenvalue weighted by atomic mass is 16.5. The second kappa shape index (κ2) is 12.9. The van der Waals surface area contributed by atoms with Crippen LogP contribution in [0.3, 0.4) is 0 Å². The molecule has 0 amide bonds. The molecule has 11 aromatic rings. The molecule has 4 nitrogen and oxygen atoms in total. The molecule has 1 aliphatic rings. The molecule has 58 heavy (non-hydrogen) atoms. The van der Waals surface area contributed by atoms with Crippen LogP contribution in [0.1, 0.15) is 0 Å². The Morgan fingerprint density at radius 3 is 1.78 bits per heavy atom. The van der Waals surface area contributed by atoms with E-state index in [0.29, 0.717) is 0 Å². The molecule has 0 spiro atoms. The smallest absolute Gasteiger partial charge is 0.135 e. The molecule has 0 fully saturated rings. The van der Waals surface area contributed by atoms with Crippen molar-refractivity contribution in [1.82, 2.24) is 4.57 Å². The zero-order valence-electron chi connectivity index (χ0n) is 31.3. The maximum atomic E-state index is 6.56. The first kappa shape index (κ1) is 32.4. The lowest BCUT2D eigenvalue weighted by Crippen LogP contribution is -2.10. The van der Waals surface area contributed by atoms with E-state index < -0.39 is 0 Å². The van der Waals surface area contributed by atoms with Gasteiger partial charge in [-0.25, -0.2) is 0 Å². The number of rotatable bonds is 5. The summed E-state index contributed by atoms with van der Waals surface area (Å²) in [6.07, 6.45) is 0. The molecule has 0 N–H and O–H groups in total. The topological polar surface area (TPSA) is 30.5 Å². The van der Waals surface area contributed by atoms with Gasteiger partial charge < -0.3 is 18.6 Å². The molecule has 3 heterocycles. The fourth-order valence-corrected chi connectivity index (χ4v) is 8.91. The first-order valence-corrected chi connectivity index (χ1v) is 19.7. The van der Waals surface area contributed by atoms with Gasteiger partial charge in [-0.15, -0.1) is 0 Å². The molecule has 0 atom stereocenters. The lowest BCUT2D eigenvalue weighted by Gasteiger charge is -2.27. The van der Waals surface area contributed by atoms with Gasteiger partial charge in [0.05, 0.1) is 11.0 Å². The lowest BCUT2D eigenvalue weighted by atomic mass is 9.93. The third-order valence-corrected chi connectivity index (χ3v) is 11.6. The fourth-order valence-electron chi connectivity index (χ4n) is 8.91. The summed E-state index contributed by atoms with van der Waals surface area (Å²) in [5.74, 6) is 1.70. The minimum atomic E-state index is 0.847. The molecule has 2 aromatic heterocycles. The SMILES string of the molecule is c1ccc(-n2c3ccccc3c3cc(N(c4ccc(-c5ccc6oc7ccccc7c6c5)cc4)c4ccc5c(c4)-c4ccccc4Oc4ccccc4-5)ccc32)cc1. The van der Waals surface area contributed by atoms with E-state index in [-0.39, 0.29) is 0 Å². The number of nitrogens with zero attached hydrogens (tertiary/aromatic N) is 2. The predicted octanol–water partition coefficient (Wildman–Crippen LogP) is 15.3. The average molecular weight is 743 g/mol. The van der Waals surface area contributed by atoms with Crippen LogP contribution in [0.2, 0.25) is 0 Å². The lowest BCUT2D eigenvalue weighted by molar-refractivity contribution is 0.488. The number of furan rings is 1. The molecule has 12 rings (SSSR count). The third-order valence-electron chi connectivity index (χ3n) is 11.6. The van der Waals surface area contributed by atoms with Gasteiger partial charge in [0.25, 0.3) is 0 Å². The summed E-state index contributed by atoms with van der Waals surface area (Å²) in [7, 11) is 0. The van der Waals surface area contributed by atoms with Gasteiger partial charge in [-0.05, 0) is 113 Å². The Balaban J connectivity index is 1.05. The molecule has 0 unspecified atom stereocenters. The van der Waals surface area contributed by atoms with Crippen LogP contribution in [0.15, 0.2) is 211 Å². The van der Waals surface area contributed by atoms with Crippen molar-refractivity contribution >= 4 is 60.8 Å². The van der Waals surface area contributed by atoms with Crippen LogP contribution in [-0.4, -0.2) is 4.57 Å². The van der Waals surface area contributed by atoms with Gasteiger partial charge in [0, 0.05) is 55.4 Å². The summed E-state index contributed by atoms with van der Waals surface area (Å²) in [5.41, 5.74) is 15.2. The van der Waals surface area contributed by atoms with Crippen molar-refractivity contribution in [2.75, 3.05) is 4.90 Å². The number of fused-ring (bicyclic) bond motifs is 11. The van der Waals surface area contributed by atoms with Crippen LogP contribution in [0.5, 0.6) is 11.5 Å². The highest BCUT2D eigenvalue weighted by Gasteiger charge is 2.24. The van der Waals surface area contributed by atoms with Crippen molar-refractivity contribution in [3.05, 3.63) is 206 Å². The number of anilines is 3. The Labute approximate surface area is 335 Å². The minimum Gasteiger partial charge on any atom is -0.456 e. The van der Waals surface area contributed by atoms with Crippen molar-refractivity contribution in [1.29, 1.82) is 0 Å². The summed E-state index contributed by atoms with van der Waals surface area (Å²) in [6, 6.07) is 73.3. The molecule has 0 saturated carbocycles. The summed E-state index contributed by atoms with van der Waals surface area (Å²) in [4.78, 5) is 2.38. The zero-order chi connectivity index (χ0) is 38.2. The summed E-state index contributed by atoms with van der Waals surface area (Å²) in [6.45, 7) is 0. The molecule has 0 aliphatic carbocycles. The number of aromatic nitrogens is 1. The fraction of sp³-hybridized carbons (Fsp3) is 0. The van der Waals surface area contributed by atoms with Gasteiger partial charge in [0.1, 0.15) is 22.7 Å². The van der Waals surface area contributed by atoms with Crippen LogP contribution >= 0.6 is 0 Å². The zero-order valence-corrected chi connectivity index (χ0v) is 31.3. The van der Waals surface area contributed by atoms with Gasteiger partial charge in [0.2, 0.25) is 0 Å². The van der Waals surface area contributed by atoms with Crippen LogP contribution in [0.25, 0.3) is 82.8 Å². The van der Waals surface area contributed by atoms with Crippen LogP contribution in [0.4, 0.5) is 17.1 Å². The number of hydrogen-bond acceptors (Lipinski definition) is 3. The molecule has 0 saturated heterocycles. The van der Waals surface area contributed by atoms with E-state index in [1.165, 1.54) is 21.8 Å². The highest BCUT2D eigenvalue weighted by molar-refractivity contribution is 6.11. The summed E-state index contributed by atoms with van der Waals surface area (Å²) < 4.78 is 15.1. The van der Waals surface area contributed by atoms with Crippen molar-refractivity contribution in [2.24, 2.45) is 0 Å². The molecule has 9 aromatic carbocycles. The average Bonchev–Trinajstić information content (AvgIpc) is 3.78. The summed E-state index contributed by atoms with van der Waals surface area (Å²) >= 11 is 0. The van der Waals surface area contributed by atoms with Gasteiger partial charge in [-0.2, -0.15) is 0 Å². The standard InChI is InChI=1S/C54H34N2O2/c1-2-12-37(13-3-1)56-49-18-8-4-14-42(49)47-34-40(28-30-50(47)56)55(38-25-22-35(23-26-38)36-24-31-54-48(32-36)45-17-7-11-21-53(45)58-54)39-27-29-41-43-15-5-9-19-51(43)57-52-20-10-6-16-44(52)46(41)33-39/h1-34H. The van der Waals surface area contributed by atoms with E-state index in [1.807, 2.05) is 24.3 Å². The normalized spacial score (nSPS) is 11.9. The first-order valence-electron chi connectivity index (χ1n) is 19.7. The summed E-state index contributed by atoms with van der Waals surface area (Å²) in [5, 5.41) is 4.66. The van der Waals surface area contributed by atoms with Gasteiger partial charge in [-0.3, -0.25) is 0 Å². The van der Waals surface area contributed by atoms with Crippen molar-refractivity contribution in [3.8, 4) is 50.6 Å². The molecule has 0 radical (unpaired) electrons. The Morgan fingerprint density at radius 1 is 0.345 bits per heavy atom. The number of hydrogen-bond donors (Lipinski definition) is 0. The maximum absolute atomic E-state index is 6.56. The van der Waals surface area contributed by atoms with E-state index in [0.717, 1.165) is 89.6 Å². The van der Waals surface area contributed by atoms with Crippen molar-refractivity contribution < 1.29 is 9.15 Å². The largest absolute Gasteiger partial charge is 0.456 e. The molecular formula is C54H34N2O2. The maximum Gasteiger partial charge on any atom is 0.135 e. The number of ether oxygens (including phenoxy) is 1. The van der Waals surface area contributed by atoms with Gasteiger partial charge in [-0.1, -0.05) is 115 Å². The number of para-hydroxylation sites is 5. The molecule has 1 aliphatic heterocycles. The first-order chi connectivity index (χ1) is 28.7. The second-order valence-corrected chi connectivity index (χ2v) is 14.9. The van der Waals surface area contributed by atoms with Crippen molar-refractivity contribution in [2.45, 2.75) is 0 Å². The minimum absolute atomic E-state index is 0.847.